The van der Waals surface area contributed by atoms with Crippen molar-refractivity contribution in [1.82, 2.24) is 19.9 Å². The van der Waals surface area contributed by atoms with Gasteiger partial charge in [0.1, 0.15) is 6.54 Å². The molecule has 0 radical (unpaired) electrons. The van der Waals surface area contributed by atoms with Gasteiger partial charge in [0, 0.05) is 11.8 Å². The Morgan fingerprint density at radius 2 is 2.09 bits per heavy atom. The van der Waals surface area contributed by atoms with E-state index in [0.29, 0.717) is 22.5 Å². The van der Waals surface area contributed by atoms with Crippen molar-refractivity contribution in [1.29, 1.82) is 0 Å². The van der Waals surface area contributed by atoms with Gasteiger partial charge in [0.15, 0.2) is 0 Å². The third-order valence-electron chi connectivity index (χ3n) is 3.14. The molecule has 1 aliphatic rings. The molecule has 22 heavy (non-hydrogen) atoms. The summed E-state index contributed by atoms with van der Waals surface area (Å²) < 4.78 is 0. The van der Waals surface area contributed by atoms with Crippen molar-refractivity contribution in [3.05, 3.63) is 40.0 Å². The zero-order chi connectivity index (χ0) is 15.9. The Hall–Kier alpha value is -2.25. The van der Waals surface area contributed by atoms with E-state index in [1.807, 2.05) is 0 Å². The van der Waals surface area contributed by atoms with Crippen LogP contribution in [-0.4, -0.2) is 43.4 Å². The number of aromatic nitrogens is 3. The highest BCUT2D eigenvalue weighted by Gasteiger charge is 2.30. The molecule has 0 atom stereocenters. The molecule has 0 spiro atoms. The van der Waals surface area contributed by atoms with Gasteiger partial charge in [-0.2, -0.15) is 0 Å². The molecule has 112 valence electrons. The van der Waals surface area contributed by atoms with Crippen LogP contribution in [0.5, 0.6) is 0 Å². The zero-order valence-electron chi connectivity index (χ0n) is 11.0. The molecular weight excluding hydrogens is 331 g/mol. The van der Waals surface area contributed by atoms with E-state index in [2.05, 4.69) is 15.0 Å². The fraction of sp³-hybridized carbons (Fsp3) is 0.154. The third kappa shape index (κ3) is 2.60. The second-order valence-electron chi connectivity index (χ2n) is 4.61. The molecule has 0 bridgehead atoms. The Bertz CT molecular complexity index is 797. The Kier molecular flexibility index (Phi) is 3.67. The standard InChI is InChI=1S/C13H8Cl2N4O3/c14-8-3-17-13(15)18-11(8)6-1-7-9(16-2-6)4-19(12(7)22)5-10(20)21/h1-3H,4-5H2,(H,20,21). The maximum absolute atomic E-state index is 12.2. The normalized spacial score (nSPS) is 13.4. The molecule has 0 unspecified atom stereocenters. The Labute approximate surface area is 134 Å². The second-order valence-corrected chi connectivity index (χ2v) is 5.35. The fourth-order valence-electron chi connectivity index (χ4n) is 2.20. The number of amides is 1. The van der Waals surface area contributed by atoms with Crippen molar-refractivity contribution in [3.63, 3.8) is 0 Å². The first-order valence-corrected chi connectivity index (χ1v) is 6.89. The highest BCUT2D eigenvalue weighted by atomic mass is 35.5. The molecule has 1 N–H and O–H groups in total. The summed E-state index contributed by atoms with van der Waals surface area (Å²) >= 11 is 11.8. The number of aliphatic carboxylic acids is 1. The van der Waals surface area contributed by atoms with Crippen LogP contribution in [0.25, 0.3) is 11.3 Å². The lowest BCUT2D eigenvalue weighted by atomic mass is 10.1. The summed E-state index contributed by atoms with van der Waals surface area (Å²) in [5, 5.41) is 9.11. The summed E-state index contributed by atoms with van der Waals surface area (Å²) in [5.74, 6) is -1.46. The molecule has 0 saturated carbocycles. The van der Waals surface area contributed by atoms with Crippen molar-refractivity contribution in [3.8, 4) is 11.3 Å². The highest BCUT2D eigenvalue weighted by Crippen LogP contribution is 2.29. The molecule has 1 amide bonds. The van der Waals surface area contributed by atoms with Crippen LogP contribution in [0.2, 0.25) is 10.3 Å². The van der Waals surface area contributed by atoms with Crippen LogP contribution < -0.4 is 0 Å². The van der Waals surface area contributed by atoms with Crippen LogP contribution in [-0.2, 0) is 11.3 Å². The number of carboxylic acid groups (broad SMARTS) is 1. The van der Waals surface area contributed by atoms with Gasteiger partial charge in [-0.05, 0) is 17.7 Å². The molecule has 9 heteroatoms. The van der Waals surface area contributed by atoms with Gasteiger partial charge >= 0.3 is 5.97 Å². The molecule has 3 heterocycles. The van der Waals surface area contributed by atoms with Gasteiger partial charge in [0.25, 0.3) is 5.91 Å². The summed E-state index contributed by atoms with van der Waals surface area (Å²) in [5.41, 5.74) is 1.73. The fourth-order valence-corrected chi connectivity index (χ4v) is 2.53. The predicted octanol–water partition coefficient (Wildman–Crippen LogP) is 1.89. The first-order chi connectivity index (χ1) is 10.5. The lowest BCUT2D eigenvalue weighted by Gasteiger charge is -2.10. The molecule has 0 fully saturated rings. The number of hydrogen-bond donors (Lipinski definition) is 1. The van der Waals surface area contributed by atoms with Crippen molar-refractivity contribution >= 4 is 35.1 Å². The van der Waals surface area contributed by atoms with Gasteiger partial charge in [0.05, 0.1) is 34.7 Å². The summed E-state index contributed by atoms with van der Waals surface area (Å²) in [6.07, 6.45) is 2.87. The number of fused-ring (bicyclic) bond motifs is 1. The minimum absolute atomic E-state index is 0.0266. The average molecular weight is 339 g/mol. The predicted molar refractivity (Wildman–Crippen MR) is 77.7 cm³/mol. The number of nitrogens with zero attached hydrogens (tertiary/aromatic N) is 4. The largest absolute Gasteiger partial charge is 0.480 e. The van der Waals surface area contributed by atoms with E-state index >= 15 is 0 Å². The Morgan fingerprint density at radius 1 is 1.32 bits per heavy atom. The van der Waals surface area contributed by atoms with Crippen LogP contribution in [0.1, 0.15) is 16.1 Å². The topological polar surface area (TPSA) is 96.3 Å². The van der Waals surface area contributed by atoms with Gasteiger partial charge in [-0.1, -0.05) is 11.6 Å². The molecular formula is C13H8Cl2N4O3. The minimum atomic E-state index is -1.08. The molecule has 3 rings (SSSR count). The van der Waals surface area contributed by atoms with E-state index in [9.17, 15) is 9.59 Å². The maximum atomic E-state index is 12.2. The number of rotatable bonds is 3. The second kappa shape index (κ2) is 5.51. The van der Waals surface area contributed by atoms with Crippen LogP contribution >= 0.6 is 23.2 Å². The first kappa shape index (κ1) is 14.7. The van der Waals surface area contributed by atoms with E-state index in [0.717, 1.165) is 0 Å². The SMILES string of the molecule is O=C(O)CN1Cc2ncc(-c3nc(Cl)ncc3Cl)cc2C1=O. The van der Waals surface area contributed by atoms with E-state index in [-0.39, 0.29) is 29.3 Å². The zero-order valence-corrected chi connectivity index (χ0v) is 12.5. The van der Waals surface area contributed by atoms with Crippen LogP contribution in [0.15, 0.2) is 18.5 Å². The van der Waals surface area contributed by atoms with Crippen molar-refractivity contribution < 1.29 is 14.7 Å². The van der Waals surface area contributed by atoms with Crippen LogP contribution in [0.4, 0.5) is 0 Å². The van der Waals surface area contributed by atoms with Crippen LogP contribution in [0.3, 0.4) is 0 Å². The number of halogens is 2. The van der Waals surface area contributed by atoms with Gasteiger partial charge in [-0.15, -0.1) is 0 Å². The summed E-state index contributed by atoms with van der Waals surface area (Å²) in [4.78, 5) is 36.1. The lowest BCUT2D eigenvalue weighted by Crippen LogP contribution is -2.29. The minimum Gasteiger partial charge on any atom is -0.480 e. The third-order valence-corrected chi connectivity index (χ3v) is 3.60. The van der Waals surface area contributed by atoms with Gasteiger partial charge in [0.2, 0.25) is 5.28 Å². The van der Waals surface area contributed by atoms with Gasteiger partial charge < -0.3 is 10.0 Å². The number of pyridine rings is 1. The molecule has 2 aromatic heterocycles. The molecule has 0 aliphatic carbocycles. The monoisotopic (exact) mass is 338 g/mol. The molecule has 0 saturated heterocycles. The number of carboxylic acids is 1. The Balaban J connectivity index is 2.00. The summed E-state index contributed by atoms with van der Waals surface area (Å²) in [6.45, 7) is -0.205. The number of carbonyl (C=O) groups is 2. The smallest absolute Gasteiger partial charge is 0.323 e. The van der Waals surface area contributed by atoms with Crippen LogP contribution in [0, 0.1) is 0 Å². The first-order valence-electron chi connectivity index (χ1n) is 6.14. The Morgan fingerprint density at radius 3 is 2.82 bits per heavy atom. The molecule has 1 aliphatic heterocycles. The van der Waals surface area contributed by atoms with Gasteiger partial charge in [-0.3, -0.25) is 14.6 Å². The maximum Gasteiger partial charge on any atom is 0.323 e. The van der Waals surface area contributed by atoms with E-state index < -0.39 is 5.97 Å². The van der Waals surface area contributed by atoms with E-state index in [1.54, 1.807) is 6.07 Å². The lowest BCUT2D eigenvalue weighted by molar-refractivity contribution is -0.137. The summed E-state index contributed by atoms with van der Waals surface area (Å²) in [7, 11) is 0. The number of hydrogen-bond acceptors (Lipinski definition) is 5. The van der Waals surface area contributed by atoms with Crippen molar-refractivity contribution in [2.45, 2.75) is 6.54 Å². The molecule has 7 nitrogen and oxygen atoms in total. The molecule has 2 aromatic rings. The van der Waals surface area contributed by atoms with E-state index in [4.69, 9.17) is 28.3 Å². The quantitative estimate of drug-likeness (QED) is 0.858. The van der Waals surface area contributed by atoms with E-state index in [1.165, 1.54) is 17.3 Å². The number of carbonyl (C=O) groups excluding carboxylic acids is 1. The van der Waals surface area contributed by atoms with Crippen molar-refractivity contribution in [2.75, 3.05) is 6.54 Å². The summed E-state index contributed by atoms with van der Waals surface area (Å²) in [6, 6.07) is 1.58. The molecule has 0 aromatic carbocycles. The average Bonchev–Trinajstić information content (AvgIpc) is 2.77. The van der Waals surface area contributed by atoms with Crippen molar-refractivity contribution in [2.24, 2.45) is 0 Å². The van der Waals surface area contributed by atoms with Gasteiger partial charge in [-0.25, -0.2) is 9.97 Å². The highest BCUT2D eigenvalue weighted by molar-refractivity contribution is 6.33.